The van der Waals surface area contributed by atoms with E-state index in [0.717, 1.165) is 18.2 Å². The van der Waals surface area contributed by atoms with Gasteiger partial charge in [-0.2, -0.15) is 0 Å². The van der Waals surface area contributed by atoms with Gasteiger partial charge in [0.15, 0.2) is 13.2 Å². The quantitative estimate of drug-likeness (QED) is 0.0674. The van der Waals surface area contributed by atoms with Crippen molar-refractivity contribution < 1.29 is 58.3 Å². The lowest BCUT2D eigenvalue weighted by molar-refractivity contribution is -0.757. The van der Waals surface area contributed by atoms with Crippen LogP contribution in [-0.2, 0) is 33.4 Å². The summed E-state index contributed by atoms with van der Waals surface area (Å²) in [5.41, 5.74) is -0.0261. The molecule has 0 aliphatic rings. The minimum atomic E-state index is -0.898. The number of benzene rings is 2. The van der Waals surface area contributed by atoms with E-state index in [9.17, 15) is 39.5 Å². The van der Waals surface area contributed by atoms with Crippen LogP contribution in [0.3, 0.4) is 0 Å². The number of esters is 4. The van der Waals surface area contributed by atoms with Gasteiger partial charge in [0.1, 0.15) is 22.6 Å². The van der Waals surface area contributed by atoms with Gasteiger partial charge in [-0.1, -0.05) is 40.2 Å². The Labute approximate surface area is 243 Å². The van der Waals surface area contributed by atoms with E-state index < -0.39 is 42.2 Å². The number of alkyl halides is 1. The topological polar surface area (TPSA) is 198 Å². The fourth-order valence-corrected chi connectivity index (χ4v) is 3.09. The standard InChI is InChI=1S/C13H15BrO5.C13H15NO8/c14-7-3-4-8-18-12(16)9-19-13(17)10-5-1-2-6-11(10)15;15-11-6-2-1-5-10(11)13(17)21-9-12(16)20-7-3-4-8-22-14(18)19/h1-2,5-6,15H,3-4,7-9H2;1-2,5-6,15H,3-4,7-9H2. The number of phenols is 2. The highest BCUT2D eigenvalue weighted by Gasteiger charge is 2.15. The molecule has 0 amide bonds. The Bertz CT molecular complexity index is 1140. The summed E-state index contributed by atoms with van der Waals surface area (Å²) in [7, 11) is 0. The number of halogens is 1. The van der Waals surface area contributed by atoms with Crippen LogP contribution in [0, 0.1) is 10.1 Å². The van der Waals surface area contributed by atoms with E-state index in [1.54, 1.807) is 24.3 Å². The maximum atomic E-state index is 11.6. The molecule has 2 aromatic rings. The van der Waals surface area contributed by atoms with Crippen LogP contribution in [0.5, 0.6) is 11.5 Å². The van der Waals surface area contributed by atoms with Crippen molar-refractivity contribution in [1.29, 1.82) is 0 Å². The maximum Gasteiger partial charge on any atom is 0.344 e. The molecule has 0 aliphatic heterocycles. The Hall–Kier alpha value is -4.40. The summed E-state index contributed by atoms with van der Waals surface area (Å²) in [6.07, 6.45) is 2.40. The molecule has 0 fully saturated rings. The number of aromatic hydroxyl groups is 2. The van der Waals surface area contributed by atoms with Crippen LogP contribution in [0.25, 0.3) is 0 Å². The molecule has 2 aromatic carbocycles. The lowest BCUT2D eigenvalue weighted by Crippen LogP contribution is -2.17. The summed E-state index contributed by atoms with van der Waals surface area (Å²) in [5.74, 6) is -3.37. The van der Waals surface area contributed by atoms with E-state index in [2.05, 4.69) is 20.8 Å². The number of ether oxygens (including phenoxy) is 4. The molecule has 224 valence electrons. The summed E-state index contributed by atoms with van der Waals surface area (Å²) in [6.45, 7) is -0.778. The van der Waals surface area contributed by atoms with Crippen molar-refractivity contribution in [1.82, 2.24) is 0 Å². The fraction of sp³-hybridized carbons (Fsp3) is 0.385. The van der Waals surface area contributed by atoms with Crippen molar-refractivity contribution in [2.75, 3.05) is 38.4 Å². The van der Waals surface area contributed by atoms with Gasteiger partial charge in [-0.25, -0.2) is 19.2 Å². The first-order chi connectivity index (χ1) is 19.6. The average molecular weight is 644 g/mol. The lowest BCUT2D eigenvalue weighted by atomic mass is 10.2. The Kier molecular flexibility index (Phi) is 17.3. The zero-order chi connectivity index (χ0) is 30.5. The molecule has 0 aliphatic carbocycles. The molecule has 0 radical (unpaired) electrons. The predicted octanol–water partition coefficient (Wildman–Crippen LogP) is 3.35. The second-order valence-electron chi connectivity index (χ2n) is 7.79. The molecule has 14 nitrogen and oxygen atoms in total. The lowest BCUT2D eigenvalue weighted by Gasteiger charge is -2.07. The molecule has 41 heavy (non-hydrogen) atoms. The summed E-state index contributed by atoms with van der Waals surface area (Å²) in [4.78, 5) is 59.6. The van der Waals surface area contributed by atoms with Gasteiger partial charge in [0, 0.05) is 5.33 Å². The normalized spacial score (nSPS) is 9.88. The molecule has 2 N–H and O–H groups in total. The summed E-state index contributed by atoms with van der Waals surface area (Å²) in [5, 5.41) is 28.7. The van der Waals surface area contributed by atoms with E-state index in [-0.39, 0.29) is 35.8 Å². The highest BCUT2D eigenvalue weighted by atomic mass is 79.9. The third-order valence-electron chi connectivity index (χ3n) is 4.68. The Morgan fingerprint density at radius 3 is 1.51 bits per heavy atom. The summed E-state index contributed by atoms with van der Waals surface area (Å²) < 4.78 is 19.1. The average Bonchev–Trinajstić information content (AvgIpc) is 2.95. The highest BCUT2D eigenvalue weighted by molar-refractivity contribution is 9.09. The van der Waals surface area contributed by atoms with E-state index >= 15 is 0 Å². The molecular weight excluding hydrogens is 614 g/mol. The van der Waals surface area contributed by atoms with Crippen molar-refractivity contribution in [3.05, 3.63) is 69.8 Å². The summed E-state index contributed by atoms with van der Waals surface area (Å²) in [6, 6.07) is 11.7. The van der Waals surface area contributed by atoms with Gasteiger partial charge in [0.2, 0.25) is 0 Å². The van der Waals surface area contributed by atoms with Crippen molar-refractivity contribution in [3.63, 3.8) is 0 Å². The number of nitrogens with zero attached hydrogens (tertiary/aromatic N) is 1. The number of para-hydroxylation sites is 2. The van der Waals surface area contributed by atoms with Crippen LogP contribution in [0.1, 0.15) is 46.4 Å². The first-order valence-corrected chi connectivity index (χ1v) is 13.3. The Balaban J connectivity index is 0.000000414. The maximum absolute atomic E-state index is 11.6. The van der Waals surface area contributed by atoms with Crippen molar-refractivity contribution in [3.8, 4) is 11.5 Å². The second kappa shape index (κ2) is 20.5. The number of hydrogen-bond donors (Lipinski definition) is 2. The van der Waals surface area contributed by atoms with Crippen LogP contribution >= 0.6 is 15.9 Å². The van der Waals surface area contributed by atoms with Crippen molar-refractivity contribution >= 4 is 39.8 Å². The third-order valence-corrected chi connectivity index (χ3v) is 5.24. The molecule has 0 bridgehead atoms. The molecule has 0 heterocycles. The monoisotopic (exact) mass is 643 g/mol. The zero-order valence-corrected chi connectivity index (χ0v) is 23.5. The SMILES string of the molecule is O=C(COC(=O)c1ccccc1O)OCCCCBr.O=C(COC(=O)c1ccccc1O)OCCCCO[N+](=O)[O-]. The van der Waals surface area contributed by atoms with E-state index in [0.29, 0.717) is 19.4 Å². The second-order valence-corrected chi connectivity index (χ2v) is 8.58. The first-order valence-electron chi connectivity index (χ1n) is 12.2. The third kappa shape index (κ3) is 15.7. The zero-order valence-electron chi connectivity index (χ0n) is 21.9. The van der Waals surface area contributed by atoms with Crippen LogP contribution < -0.4 is 0 Å². The van der Waals surface area contributed by atoms with Gasteiger partial charge in [-0.3, -0.25) is 0 Å². The number of hydrogen-bond acceptors (Lipinski definition) is 13. The van der Waals surface area contributed by atoms with Crippen LogP contribution in [0.4, 0.5) is 0 Å². The molecule has 0 aromatic heterocycles. The first kappa shape index (κ1) is 34.6. The minimum Gasteiger partial charge on any atom is -0.507 e. The molecular formula is C26H30BrNO13. The Morgan fingerprint density at radius 1 is 0.683 bits per heavy atom. The largest absolute Gasteiger partial charge is 0.507 e. The molecule has 2 rings (SSSR count). The van der Waals surface area contributed by atoms with Crippen molar-refractivity contribution in [2.45, 2.75) is 25.7 Å². The van der Waals surface area contributed by atoms with E-state index in [1.165, 1.54) is 24.3 Å². The number of carbonyl (C=O) groups excluding carboxylic acids is 4. The van der Waals surface area contributed by atoms with E-state index in [4.69, 9.17) is 18.9 Å². The van der Waals surface area contributed by atoms with Gasteiger partial charge < -0.3 is 34.0 Å². The van der Waals surface area contributed by atoms with Gasteiger partial charge >= 0.3 is 23.9 Å². The van der Waals surface area contributed by atoms with Crippen LogP contribution in [-0.4, -0.2) is 77.5 Å². The number of phenolic OH excluding ortho intramolecular Hbond substituents is 2. The minimum absolute atomic E-state index is 0.0228. The van der Waals surface area contributed by atoms with Gasteiger partial charge in [-0.05, 0) is 49.9 Å². The fourth-order valence-electron chi connectivity index (χ4n) is 2.69. The Morgan fingerprint density at radius 2 is 1.10 bits per heavy atom. The predicted molar refractivity (Wildman–Crippen MR) is 144 cm³/mol. The van der Waals surface area contributed by atoms with Crippen molar-refractivity contribution in [2.24, 2.45) is 0 Å². The number of unbranched alkanes of at least 4 members (excludes halogenated alkanes) is 2. The van der Waals surface area contributed by atoms with Crippen LogP contribution in [0.15, 0.2) is 48.5 Å². The number of carbonyl (C=O) groups is 4. The van der Waals surface area contributed by atoms with Gasteiger partial charge in [0.25, 0.3) is 5.09 Å². The highest BCUT2D eigenvalue weighted by Crippen LogP contribution is 2.17. The smallest absolute Gasteiger partial charge is 0.344 e. The number of rotatable bonds is 16. The summed E-state index contributed by atoms with van der Waals surface area (Å²) >= 11 is 3.27. The molecule has 0 atom stereocenters. The van der Waals surface area contributed by atoms with Gasteiger partial charge in [-0.15, -0.1) is 10.1 Å². The molecule has 0 unspecified atom stereocenters. The molecule has 0 spiro atoms. The molecule has 15 heteroatoms. The molecule has 0 saturated carbocycles. The van der Waals surface area contributed by atoms with E-state index in [1.807, 2.05) is 0 Å². The van der Waals surface area contributed by atoms with Crippen LogP contribution in [0.2, 0.25) is 0 Å². The van der Waals surface area contributed by atoms with Gasteiger partial charge in [0.05, 0.1) is 19.8 Å². The molecule has 0 saturated heterocycles.